The van der Waals surface area contributed by atoms with Gasteiger partial charge in [-0.15, -0.1) is 0 Å². The van der Waals surface area contributed by atoms with E-state index in [0.29, 0.717) is 12.3 Å². The Balaban J connectivity index is 1.97. The normalized spacial score (nSPS) is 20.6. The van der Waals surface area contributed by atoms with Gasteiger partial charge in [-0.2, -0.15) is 0 Å². The Morgan fingerprint density at radius 3 is 2.09 bits per heavy atom. The van der Waals surface area contributed by atoms with Gasteiger partial charge < -0.3 is 4.74 Å². The van der Waals surface area contributed by atoms with Crippen LogP contribution < -0.4 is 10.6 Å². The van der Waals surface area contributed by atoms with Gasteiger partial charge in [0, 0.05) is 5.66 Å². The van der Waals surface area contributed by atoms with Crippen LogP contribution in [0.5, 0.6) is 0 Å². The Bertz CT molecular complexity index is 587. The van der Waals surface area contributed by atoms with Crippen molar-refractivity contribution in [2.45, 2.75) is 31.8 Å². The van der Waals surface area contributed by atoms with Crippen LogP contribution in [-0.2, 0) is 9.53 Å². The molecule has 2 aromatic carbocycles. The molecule has 0 heterocycles. The number of hydrogen-bond donors (Lipinski definition) is 0. The third kappa shape index (κ3) is 3.64. The third-order valence-corrected chi connectivity index (χ3v) is 7.46. The van der Waals surface area contributed by atoms with Crippen molar-refractivity contribution < 1.29 is 9.53 Å². The SMILES string of the molecule is CCOC(=O)C1CCC[C@@H]1P(c1ccccc1)c1ccccc1. The average molecular weight is 326 g/mol. The molecule has 0 spiro atoms. The van der Waals surface area contributed by atoms with Crippen molar-refractivity contribution in [3.8, 4) is 0 Å². The molecule has 1 unspecified atom stereocenters. The quantitative estimate of drug-likeness (QED) is 0.616. The molecule has 1 saturated carbocycles. The molecule has 2 atom stereocenters. The first-order chi connectivity index (χ1) is 11.3. The molecule has 0 radical (unpaired) electrons. The zero-order chi connectivity index (χ0) is 16.1. The van der Waals surface area contributed by atoms with Crippen LogP contribution >= 0.6 is 7.92 Å². The van der Waals surface area contributed by atoms with Crippen molar-refractivity contribution in [2.24, 2.45) is 5.92 Å². The van der Waals surface area contributed by atoms with Crippen LogP contribution in [0.2, 0.25) is 0 Å². The van der Waals surface area contributed by atoms with Gasteiger partial charge in [0.05, 0.1) is 12.5 Å². The largest absolute Gasteiger partial charge is 0.466 e. The molecular weight excluding hydrogens is 303 g/mol. The lowest BCUT2D eigenvalue weighted by Gasteiger charge is -2.29. The molecule has 0 aliphatic heterocycles. The Morgan fingerprint density at radius 1 is 1.00 bits per heavy atom. The van der Waals surface area contributed by atoms with Crippen LogP contribution in [0, 0.1) is 5.92 Å². The molecule has 0 N–H and O–H groups in total. The van der Waals surface area contributed by atoms with E-state index in [2.05, 4.69) is 60.7 Å². The van der Waals surface area contributed by atoms with Crippen molar-refractivity contribution in [1.29, 1.82) is 0 Å². The number of hydrogen-bond acceptors (Lipinski definition) is 2. The van der Waals surface area contributed by atoms with Crippen LogP contribution in [0.3, 0.4) is 0 Å². The maximum Gasteiger partial charge on any atom is 0.309 e. The van der Waals surface area contributed by atoms with Gasteiger partial charge in [0.1, 0.15) is 0 Å². The summed E-state index contributed by atoms with van der Waals surface area (Å²) in [6.07, 6.45) is 3.19. The predicted octanol–water partition coefficient (Wildman–Crippen LogP) is 3.85. The number of carbonyl (C=O) groups excluding carboxylic acids is 1. The van der Waals surface area contributed by atoms with E-state index in [-0.39, 0.29) is 11.9 Å². The van der Waals surface area contributed by atoms with Crippen molar-refractivity contribution in [1.82, 2.24) is 0 Å². The first-order valence-corrected chi connectivity index (χ1v) is 9.78. The highest BCUT2D eigenvalue weighted by molar-refractivity contribution is 7.73. The highest BCUT2D eigenvalue weighted by atomic mass is 31.1. The van der Waals surface area contributed by atoms with E-state index in [1.165, 1.54) is 10.6 Å². The van der Waals surface area contributed by atoms with E-state index in [9.17, 15) is 4.79 Å². The van der Waals surface area contributed by atoms with Crippen LogP contribution in [0.1, 0.15) is 26.2 Å². The second kappa shape index (κ2) is 7.75. The van der Waals surface area contributed by atoms with Crippen LogP contribution in [0.15, 0.2) is 60.7 Å². The molecule has 3 heteroatoms. The Hall–Kier alpha value is -1.66. The summed E-state index contributed by atoms with van der Waals surface area (Å²) in [5.74, 6) is 0.0378. The molecule has 1 fully saturated rings. The summed E-state index contributed by atoms with van der Waals surface area (Å²) in [7, 11) is -0.535. The van der Waals surface area contributed by atoms with Crippen molar-refractivity contribution in [3.05, 3.63) is 60.7 Å². The summed E-state index contributed by atoms with van der Waals surface area (Å²) < 4.78 is 5.35. The monoisotopic (exact) mass is 326 g/mol. The predicted molar refractivity (Wildman–Crippen MR) is 96.8 cm³/mol. The van der Waals surface area contributed by atoms with E-state index in [1.807, 2.05) is 6.92 Å². The number of benzene rings is 2. The minimum atomic E-state index is -0.535. The van der Waals surface area contributed by atoms with Gasteiger partial charge in [-0.1, -0.05) is 67.1 Å². The first-order valence-electron chi connectivity index (χ1n) is 8.37. The van der Waals surface area contributed by atoms with E-state index in [0.717, 1.165) is 19.3 Å². The molecular formula is C20H23O2P. The summed E-state index contributed by atoms with van der Waals surface area (Å²) in [5.41, 5.74) is 0.383. The van der Waals surface area contributed by atoms with E-state index >= 15 is 0 Å². The van der Waals surface area contributed by atoms with Crippen LogP contribution in [0.25, 0.3) is 0 Å². The lowest BCUT2D eigenvalue weighted by molar-refractivity contribution is -0.147. The third-order valence-electron chi connectivity index (χ3n) is 4.47. The van der Waals surface area contributed by atoms with Gasteiger partial charge in [0.15, 0.2) is 0 Å². The van der Waals surface area contributed by atoms with Gasteiger partial charge in [-0.3, -0.25) is 4.79 Å². The van der Waals surface area contributed by atoms with Gasteiger partial charge in [-0.05, 0) is 38.3 Å². The highest BCUT2D eigenvalue weighted by Crippen LogP contribution is 2.50. The van der Waals surface area contributed by atoms with Crippen molar-refractivity contribution >= 4 is 24.5 Å². The average Bonchev–Trinajstić information content (AvgIpc) is 3.07. The van der Waals surface area contributed by atoms with Gasteiger partial charge >= 0.3 is 5.97 Å². The molecule has 120 valence electrons. The first kappa shape index (κ1) is 16.2. The topological polar surface area (TPSA) is 26.3 Å². The van der Waals surface area contributed by atoms with Crippen LogP contribution in [0.4, 0.5) is 0 Å². The van der Waals surface area contributed by atoms with Crippen molar-refractivity contribution in [3.63, 3.8) is 0 Å². The van der Waals surface area contributed by atoms with E-state index < -0.39 is 7.92 Å². The number of ether oxygens (including phenoxy) is 1. The second-order valence-electron chi connectivity index (χ2n) is 5.90. The molecule has 1 aliphatic carbocycles. The smallest absolute Gasteiger partial charge is 0.309 e. The molecule has 0 amide bonds. The number of esters is 1. The fourth-order valence-electron chi connectivity index (χ4n) is 3.48. The number of rotatable bonds is 5. The summed E-state index contributed by atoms with van der Waals surface area (Å²) in [6.45, 7) is 2.36. The molecule has 0 aromatic heterocycles. The minimum Gasteiger partial charge on any atom is -0.466 e. The molecule has 3 rings (SSSR count). The highest BCUT2D eigenvalue weighted by Gasteiger charge is 2.39. The summed E-state index contributed by atoms with van der Waals surface area (Å²) in [5, 5.41) is 2.71. The van der Waals surface area contributed by atoms with E-state index in [1.54, 1.807) is 0 Å². The summed E-state index contributed by atoms with van der Waals surface area (Å²) >= 11 is 0. The number of carbonyl (C=O) groups is 1. The molecule has 23 heavy (non-hydrogen) atoms. The standard InChI is InChI=1S/C20H23O2P/c1-2-22-20(21)18-14-9-15-19(18)23(16-10-5-3-6-11-16)17-12-7-4-8-13-17/h3-8,10-13,18-19H,2,9,14-15H2,1H3/t18?,19-/m0/s1. The lowest BCUT2D eigenvalue weighted by Crippen LogP contribution is -2.30. The second-order valence-corrected chi connectivity index (χ2v) is 8.33. The summed E-state index contributed by atoms with van der Waals surface area (Å²) in [4.78, 5) is 12.4. The molecule has 2 nitrogen and oxygen atoms in total. The zero-order valence-corrected chi connectivity index (χ0v) is 14.4. The fourth-order valence-corrected chi connectivity index (χ4v) is 6.61. The maximum absolute atomic E-state index is 12.4. The summed E-state index contributed by atoms with van der Waals surface area (Å²) in [6, 6.07) is 21.3. The minimum absolute atomic E-state index is 0.00522. The Kier molecular flexibility index (Phi) is 5.46. The molecule has 2 aromatic rings. The van der Waals surface area contributed by atoms with Crippen molar-refractivity contribution in [2.75, 3.05) is 6.61 Å². The Labute approximate surface area is 139 Å². The van der Waals surface area contributed by atoms with Gasteiger partial charge in [0.25, 0.3) is 0 Å². The molecule has 1 aliphatic rings. The molecule has 0 saturated heterocycles. The Morgan fingerprint density at radius 2 is 1.57 bits per heavy atom. The van der Waals surface area contributed by atoms with Gasteiger partial charge in [0.2, 0.25) is 0 Å². The fraction of sp³-hybridized carbons (Fsp3) is 0.350. The van der Waals surface area contributed by atoms with Crippen LogP contribution in [-0.4, -0.2) is 18.2 Å². The van der Waals surface area contributed by atoms with Gasteiger partial charge in [-0.25, -0.2) is 0 Å². The van der Waals surface area contributed by atoms with E-state index in [4.69, 9.17) is 4.74 Å². The zero-order valence-electron chi connectivity index (χ0n) is 13.5. The maximum atomic E-state index is 12.4. The lowest BCUT2D eigenvalue weighted by atomic mass is 10.1. The molecule has 0 bridgehead atoms.